The molecule has 4 rings (SSSR count). The average Bonchev–Trinajstić information content (AvgIpc) is 3.94. The molecular weight excluding hydrogens is 856 g/mol. The third kappa shape index (κ3) is 18.0. The number of aliphatic hydroxyl groups is 1. The number of carboxylic acid groups (broad SMARTS) is 2. The summed E-state index contributed by atoms with van der Waals surface area (Å²) in [6.45, 7) is 25.8. The molecule has 0 amide bonds. The number of allylic oxidation sites excluding steroid dienone is 14. The summed E-state index contributed by atoms with van der Waals surface area (Å²) in [7, 11) is 0. The summed E-state index contributed by atoms with van der Waals surface area (Å²) < 4.78 is 0. The molecule has 0 bridgehead atoms. The summed E-state index contributed by atoms with van der Waals surface area (Å²) >= 11 is 0. The molecule has 0 aliphatic carbocycles. The normalized spacial score (nSPS) is 17.2. The maximum Gasteiger partial charge on any atom is 2.00 e. The molecule has 3 aliphatic rings. The first-order chi connectivity index (χ1) is 30.4. The fraction of sp³-hybridized carbons (Fsp3) is 0.463. The molecule has 3 N–H and O–H groups in total. The molecule has 352 valence electrons. The molecule has 0 saturated heterocycles. The van der Waals surface area contributed by atoms with E-state index >= 15 is 0 Å². The van der Waals surface area contributed by atoms with E-state index in [9.17, 15) is 19.5 Å². The molecule has 0 fully saturated rings. The minimum Gasteiger partial charge on any atom is -0.681 e. The van der Waals surface area contributed by atoms with E-state index in [0.29, 0.717) is 48.2 Å². The van der Waals surface area contributed by atoms with Crippen molar-refractivity contribution in [3.63, 3.8) is 0 Å². The smallest absolute Gasteiger partial charge is 0.681 e. The first kappa shape index (κ1) is 56.0. The largest absolute Gasteiger partial charge is 2.00 e. The molecule has 0 unspecified atom stereocenters. The summed E-state index contributed by atoms with van der Waals surface area (Å²) in [4.78, 5) is 46.5. The van der Waals surface area contributed by atoms with E-state index in [-0.39, 0.29) is 42.9 Å². The van der Waals surface area contributed by atoms with Crippen molar-refractivity contribution in [2.24, 2.45) is 9.98 Å². The first-order valence-corrected chi connectivity index (χ1v) is 22.6. The van der Waals surface area contributed by atoms with Crippen molar-refractivity contribution in [2.75, 3.05) is 13.1 Å². The Morgan fingerprint density at radius 2 is 1.34 bits per heavy atom. The number of carboxylic acids is 2. The number of aryl methyl sites for hydroxylation is 1. The second-order valence-electron chi connectivity index (χ2n) is 17.4. The predicted molar refractivity (Wildman–Crippen MR) is 264 cm³/mol. The van der Waals surface area contributed by atoms with Gasteiger partial charge in [0.15, 0.2) is 0 Å². The van der Waals surface area contributed by atoms with Crippen molar-refractivity contribution in [3.8, 4) is 0 Å². The maximum atomic E-state index is 11.2. The SMILES string of the molecule is C=CC1=C(C)/C(=C/c2[n-]c(C)c(C)c2[C@@H](O)CC/C=C(\C)CC/C=C(\C)CC/C=C(\C)CCC=C(C)C)N=C1C.CC1=C(CCC(=O)O)/C(=C/C2=NCC(C=O)=C2CCC(=O)O)[N-]C1.[Fe+2]. The predicted octanol–water partition coefficient (Wildman–Crippen LogP) is 12.8. The summed E-state index contributed by atoms with van der Waals surface area (Å²) in [5, 5.41) is 33.3. The molecule has 0 spiro atoms. The van der Waals surface area contributed by atoms with Crippen LogP contribution in [0.3, 0.4) is 0 Å². The molecule has 1 aromatic rings. The first-order valence-electron chi connectivity index (χ1n) is 22.6. The number of hydrogen-bond acceptors (Lipinski definition) is 6. The zero-order valence-corrected chi connectivity index (χ0v) is 41.6. The summed E-state index contributed by atoms with van der Waals surface area (Å²) in [6.07, 6.45) is 24.0. The van der Waals surface area contributed by atoms with Gasteiger partial charge in [0.1, 0.15) is 6.29 Å². The van der Waals surface area contributed by atoms with Gasteiger partial charge < -0.3 is 25.6 Å². The van der Waals surface area contributed by atoms with Crippen molar-refractivity contribution in [2.45, 2.75) is 152 Å². The maximum absolute atomic E-state index is 11.2. The van der Waals surface area contributed by atoms with E-state index < -0.39 is 18.0 Å². The van der Waals surface area contributed by atoms with E-state index in [1.54, 1.807) is 6.08 Å². The molecule has 0 saturated carbocycles. The van der Waals surface area contributed by atoms with Gasteiger partial charge in [0.05, 0.1) is 24.1 Å². The Hall–Kier alpha value is -5.09. The van der Waals surface area contributed by atoms with Crippen LogP contribution in [0, 0.1) is 13.8 Å². The Bertz CT molecular complexity index is 2260. The minimum atomic E-state index is -0.935. The number of aliphatic carboxylic acids is 2. The van der Waals surface area contributed by atoms with Crippen LogP contribution in [0.15, 0.2) is 120 Å². The number of carbonyl (C=O) groups is 3. The van der Waals surface area contributed by atoms with Gasteiger partial charge in [-0.3, -0.25) is 24.4 Å². The Labute approximate surface area is 399 Å². The van der Waals surface area contributed by atoms with Crippen molar-refractivity contribution in [1.82, 2.24) is 4.98 Å². The molecular formula is C54H72FeN4O6. The second kappa shape index (κ2) is 28.1. The summed E-state index contributed by atoms with van der Waals surface area (Å²) in [5.74, 6) is -1.81. The number of aliphatic imine (C=N–C) groups is 2. The van der Waals surface area contributed by atoms with Crippen molar-refractivity contribution >= 4 is 35.7 Å². The van der Waals surface area contributed by atoms with Crippen LogP contribution in [0.5, 0.6) is 0 Å². The topological polar surface area (TPSA) is 165 Å². The van der Waals surface area contributed by atoms with Gasteiger partial charge in [0.25, 0.3) is 0 Å². The number of rotatable bonds is 23. The molecule has 3 aliphatic heterocycles. The van der Waals surface area contributed by atoms with Gasteiger partial charge in [-0.1, -0.05) is 95.0 Å². The summed E-state index contributed by atoms with van der Waals surface area (Å²) in [5.41, 5.74) is 17.9. The number of aliphatic hydroxyl groups excluding tert-OH is 1. The van der Waals surface area contributed by atoms with E-state index in [1.165, 1.54) is 22.3 Å². The van der Waals surface area contributed by atoms with Crippen LogP contribution in [-0.4, -0.2) is 58.1 Å². The third-order valence-corrected chi connectivity index (χ3v) is 11.9. The van der Waals surface area contributed by atoms with Crippen molar-refractivity contribution in [1.29, 1.82) is 0 Å². The van der Waals surface area contributed by atoms with Gasteiger partial charge in [-0.25, -0.2) is 0 Å². The van der Waals surface area contributed by atoms with E-state index in [2.05, 4.69) is 89.7 Å². The second-order valence-corrected chi connectivity index (χ2v) is 17.4. The number of aromatic nitrogens is 1. The molecule has 11 heteroatoms. The Morgan fingerprint density at radius 3 is 1.86 bits per heavy atom. The zero-order chi connectivity index (χ0) is 47.5. The Morgan fingerprint density at radius 1 is 0.785 bits per heavy atom. The minimum absolute atomic E-state index is 0. The molecule has 1 atom stereocenters. The van der Waals surface area contributed by atoms with Crippen LogP contribution in [0.1, 0.15) is 161 Å². The van der Waals surface area contributed by atoms with E-state index in [0.717, 1.165) is 101 Å². The van der Waals surface area contributed by atoms with Gasteiger partial charge in [0.2, 0.25) is 0 Å². The number of aldehydes is 1. The summed E-state index contributed by atoms with van der Waals surface area (Å²) in [6, 6.07) is 0. The molecule has 4 heterocycles. The van der Waals surface area contributed by atoms with Gasteiger partial charge in [-0.2, -0.15) is 5.69 Å². The van der Waals surface area contributed by atoms with Crippen LogP contribution in [-0.2, 0) is 31.5 Å². The quantitative estimate of drug-likeness (QED) is 0.0558. The number of nitrogens with zero attached hydrogens (tertiary/aromatic N) is 4. The van der Waals surface area contributed by atoms with Crippen LogP contribution >= 0.6 is 0 Å². The van der Waals surface area contributed by atoms with E-state index in [4.69, 9.17) is 20.2 Å². The van der Waals surface area contributed by atoms with Crippen molar-refractivity contribution < 1.29 is 46.8 Å². The van der Waals surface area contributed by atoms with Crippen LogP contribution < -0.4 is 4.98 Å². The third-order valence-electron chi connectivity index (χ3n) is 11.9. The average molecular weight is 929 g/mol. The Balaban J connectivity index is 0.000000495. The molecule has 10 nitrogen and oxygen atoms in total. The molecule has 0 aromatic carbocycles. The standard InChI is InChI=1S/C37H53N2O.C17H20N2O5.Fe/c1-11-33-30(8)34(39-32(33)10)24-35-37(29(7)31(9)38-35)36(40)23-15-22-28(6)21-14-20-27(5)19-13-18-26(4)17-12-16-25(2)3;1-10-7-18-14(12(10)2-4-16(21)22)6-15-13(3-5-17(23)24)11(9-20)8-19-15;/h11,16,18,20,22,24,36,40H,1,12-15,17,19,21,23H2,2-10H3;6,9H,2-5,7-8H2,1H3,(H3,18,19,21,22,23,24);/q-1;;+2/p-1/b26-18+,27-20+,28-22+,34-24-;;/t36-;;/m0../s1. The van der Waals surface area contributed by atoms with E-state index in [1.807, 2.05) is 32.9 Å². The monoisotopic (exact) mass is 928 g/mol. The van der Waals surface area contributed by atoms with Crippen LogP contribution in [0.4, 0.5) is 0 Å². The van der Waals surface area contributed by atoms with Crippen LogP contribution in [0.2, 0.25) is 0 Å². The van der Waals surface area contributed by atoms with Gasteiger partial charge >= 0.3 is 29.0 Å². The van der Waals surface area contributed by atoms with Crippen LogP contribution in [0.25, 0.3) is 11.4 Å². The van der Waals surface area contributed by atoms with Crippen molar-refractivity contribution in [3.05, 3.63) is 138 Å². The fourth-order valence-corrected chi connectivity index (χ4v) is 7.90. The fourth-order valence-electron chi connectivity index (χ4n) is 7.90. The van der Waals surface area contributed by atoms with Gasteiger partial charge in [-0.15, -0.1) is 17.9 Å². The van der Waals surface area contributed by atoms with Gasteiger partial charge in [-0.05, 0) is 143 Å². The molecule has 65 heavy (non-hydrogen) atoms. The molecule has 1 aromatic heterocycles. The molecule has 0 radical (unpaired) electrons. The van der Waals surface area contributed by atoms with Gasteiger partial charge in [0, 0.05) is 29.7 Å². The Kier molecular flexibility index (Phi) is 24.2. The zero-order valence-electron chi connectivity index (χ0n) is 40.5. The number of carbonyl (C=O) groups excluding carboxylic acids is 1. The number of hydrogen-bond donors (Lipinski definition) is 3.